The van der Waals surface area contributed by atoms with E-state index in [1.165, 1.54) is 13.1 Å². The van der Waals surface area contributed by atoms with Crippen molar-refractivity contribution in [3.05, 3.63) is 29.8 Å². The zero-order valence-corrected chi connectivity index (χ0v) is 13.5. The van der Waals surface area contributed by atoms with Crippen molar-refractivity contribution in [3.63, 3.8) is 0 Å². The molecule has 1 aromatic rings. The van der Waals surface area contributed by atoms with E-state index < -0.39 is 10.0 Å². The Labute approximate surface area is 131 Å². The zero-order chi connectivity index (χ0) is 16.0. The molecule has 22 heavy (non-hydrogen) atoms. The number of ether oxygens (including phenoxy) is 1. The number of carbonyl (C=O) groups is 1. The molecule has 0 spiro atoms. The summed E-state index contributed by atoms with van der Waals surface area (Å²) in [6.45, 7) is 1.11. The molecule has 1 fully saturated rings. The van der Waals surface area contributed by atoms with Gasteiger partial charge in [-0.15, -0.1) is 0 Å². The van der Waals surface area contributed by atoms with Crippen molar-refractivity contribution in [1.82, 2.24) is 10.0 Å². The molecule has 1 saturated heterocycles. The molecule has 1 atom stereocenters. The molecule has 122 valence electrons. The van der Waals surface area contributed by atoms with Crippen LogP contribution in [-0.2, 0) is 26.1 Å². The fourth-order valence-electron chi connectivity index (χ4n) is 2.39. The molecule has 7 heteroatoms. The molecule has 1 aliphatic heterocycles. The van der Waals surface area contributed by atoms with Gasteiger partial charge in [0.1, 0.15) is 0 Å². The highest BCUT2D eigenvalue weighted by Gasteiger charge is 2.16. The molecule has 2 rings (SSSR count). The number of benzene rings is 1. The lowest BCUT2D eigenvalue weighted by Gasteiger charge is -2.10. The van der Waals surface area contributed by atoms with Crippen LogP contribution in [0.2, 0.25) is 0 Å². The average molecular weight is 326 g/mol. The second-order valence-electron chi connectivity index (χ2n) is 5.31. The number of rotatable bonds is 7. The normalized spacial score (nSPS) is 18.3. The van der Waals surface area contributed by atoms with Gasteiger partial charge in [-0.25, -0.2) is 13.1 Å². The van der Waals surface area contributed by atoms with Gasteiger partial charge in [0.25, 0.3) is 0 Å². The van der Waals surface area contributed by atoms with Crippen LogP contribution in [0.5, 0.6) is 0 Å². The molecule has 6 nitrogen and oxygen atoms in total. The summed E-state index contributed by atoms with van der Waals surface area (Å²) < 4.78 is 31.2. The van der Waals surface area contributed by atoms with Gasteiger partial charge in [0.15, 0.2) is 0 Å². The van der Waals surface area contributed by atoms with Crippen LogP contribution in [0.3, 0.4) is 0 Å². The van der Waals surface area contributed by atoms with E-state index in [9.17, 15) is 13.2 Å². The number of nitrogens with one attached hydrogen (secondary N) is 2. The summed E-state index contributed by atoms with van der Waals surface area (Å²) in [6, 6.07) is 6.54. The van der Waals surface area contributed by atoms with E-state index in [1.807, 2.05) is 0 Å². The van der Waals surface area contributed by atoms with Crippen molar-refractivity contribution in [2.24, 2.45) is 0 Å². The summed E-state index contributed by atoms with van der Waals surface area (Å²) in [5.41, 5.74) is 0.752. The Hall–Kier alpha value is -1.44. The van der Waals surface area contributed by atoms with Crippen molar-refractivity contribution in [3.8, 4) is 0 Å². The molecule has 0 bridgehead atoms. The van der Waals surface area contributed by atoms with E-state index >= 15 is 0 Å². The number of hydrogen-bond acceptors (Lipinski definition) is 4. The number of sulfonamides is 1. The van der Waals surface area contributed by atoms with Crippen LogP contribution in [0.4, 0.5) is 0 Å². The lowest BCUT2D eigenvalue weighted by Crippen LogP contribution is -2.24. The zero-order valence-electron chi connectivity index (χ0n) is 12.7. The summed E-state index contributed by atoms with van der Waals surface area (Å²) in [5, 5.41) is 2.81. The summed E-state index contributed by atoms with van der Waals surface area (Å²) in [5.74, 6) is -0.0441. The molecular formula is C15H22N2O4S. The van der Waals surface area contributed by atoms with Crippen LogP contribution in [0, 0.1) is 0 Å². The van der Waals surface area contributed by atoms with Gasteiger partial charge in [-0.1, -0.05) is 12.1 Å². The van der Waals surface area contributed by atoms with E-state index in [4.69, 9.17) is 4.74 Å². The molecule has 0 aliphatic carbocycles. The minimum absolute atomic E-state index is 0.0441. The third kappa shape index (κ3) is 4.79. The number of hydrogen-bond donors (Lipinski definition) is 2. The molecule has 1 unspecified atom stereocenters. The lowest BCUT2D eigenvalue weighted by molar-refractivity contribution is -0.121. The first-order valence-corrected chi connectivity index (χ1v) is 8.90. The standard InChI is InChI=1S/C15H22N2O4S/c1-16-22(19,20)14-6-2-4-12(10-14)11-17-15(18)8-7-13-5-3-9-21-13/h2,4,6,10,13,16H,3,5,7-9,11H2,1H3,(H,17,18). The smallest absolute Gasteiger partial charge is 0.240 e. The average Bonchev–Trinajstić information content (AvgIpc) is 3.04. The molecule has 1 amide bonds. The van der Waals surface area contributed by atoms with Crippen LogP contribution in [-0.4, -0.2) is 34.1 Å². The van der Waals surface area contributed by atoms with Gasteiger partial charge >= 0.3 is 0 Å². The summed E-state index contributed by atoms with van der Waals surface area (Å²) in [7, 11) is -2.09. The predicted octanol–water partition coefficient (Wildman–Crippen LogP) is 1.17. The van der Waals surface area contributed by atoms with Gasteiger partial charge in [0, 0.05) is 19.6 Å². The molecule has 0 aromatic heterocycles. The van der Waals surface area contributed by atoms with E-state index in [-0.39, 0.29) is 16.9 Å². The van der Waals surface area contributed by atoms with Crippen molar-refractivity contribution in [2.45, 2.75) is 43.2 Å². The van der Waals surface area contributed by atoms with Crippen LogP contribution in [0.25, 0.3) is 0 Å². The highest BCUT2D eigenvalue weighted by molar-refractivity contribution is 7.89. The first-order valence-electron chi connectivity index (χ1n) is 7.42. The van der Waals surface area contributed by atoms with Gasteiger partial charge in [-0.2, -0.15) is 0 Å². The van der Waals surface area contributed by atoms with Gasteiger partial charge in [0.05, 0.1) is 11.0 Å². The number of carbonyl (C=O) groups excluding carboxylic acids is 1. The summed E-state index contributed by atoms with van der Waals surface area (Å²) in [4.78, 5) is 12.0. The lowest BCUT2D eigenvalue weighted by atomic mass is 10.1. The second kappa shape index (κ2) is 7.71. The Morgan fingerprint density at radius 2 is 2.23 bits per heavy atom. The fraction of sp³-hybridized carbons (Fsp3) is 0.533. The van der Waals surface area contributed by atoms with Crippen LogP contribution < -0.4 is 10.0 Å². The van der Waals surface area contributed by atoms with Crippen LogP contribution in [0.1, 0.15) is 31.2 Å². The minimum Gasteiger partial charge on any atom is -0.378 e. The predicted molar refractivity (Wildman–Crippen MR) is 82.7 cm³/mol. The highest BCUT2D eigenvalue weighted by atomic mass is 32.2. The Bertz CT molecular complexity index is 610. The van der Waals surface area contributed by atoms with E-state index in [1.54, 1.807) is 18.2 Å². The molecule has 0 radical (unpaired) electrons. The maximum absolute atomic E-state index is 11.8. The van der Waals surface area contributed by atoms with Crippen molar-refractivity contribution in [2.75, 3.05) is 13.7 Å². The Balaban J connectivity index is 1.83. The first kappa shape index (κ1) is 16.9. The Morgan fingerprint density at radius 1 is 1.41 bits per heavy atom. The highest BCUT2D eigenvalue weighted by Crippen LogP contribution is 2.16. The van der Waals surface area contributed by atoms with Gasteiger partial charge < -0.3 is 10.1 Å². The van der Waals surface area contributed by atoms with Gasteiger partial charge in [0.2, 0.25) is 15.9 Å². The van der Waals surface area contributed by atoms with Gasteiger partial charge in [-0.3, -0.25) is 4.79 Å². The molecule has 1 heterocycles. The minimum atomic E-state index is -3.46. The molecule has 1 aromatic carbocycles. The first-order chi connectivity index (χ1) is 10.5. The third-order valence-electron chi connectivity index (χ3n) is 3.68. The van der Waals surface area contributed by atoms with Crippen molar-refractivity contribution >= 4 is 15.9 Å². The van der Waals surface area contributed by atoms with Crippen LogP contribution >= 0.6 is 0 Å². The monoisotopic (exact) mass is 326 g/mol. The van der Waals surface area contributed by atoms with Crippen molar-refractivity contribution < 1.29 is 17.9 Å². The van der Waals surface area contributed by atoms with Gasteiger partial charge in [-0.05, 0) is 44.0 Å². The third-order valence-corrected chi connectivity index (χ3v) is 5.10. The summed E-state index contributed by atoms with van der Waals surface area (Å²) >= 11 is 0. The second-order valence-corrected chi connectivity index (χ2v) is 7.19. The molecule has 1 aliphatic rings. The molecular weight excluding hydrogens is 304 g/mol. The maximum atomic E-state index is 11.8. The van der Waals surface area contributed by atoms with E-state index in [2.05, 4.69) is 10.0 Å². The molecule has 0 saturated carbocycles. The largest absolute Gasteiger partial charge is 0.378 e. The SMILES string of the molecule is CNS(=O)(=O)c1cccc(CNC(=O)CCC2CCCO2)c1. The number of amides is 1. The quantitative estimate of drug-likeness (QED) is 0.788. The fourth-order valence-corrected chi connectivity index (χ4v) is 3.19. The van der Waals surface area contributed by atoms with E-state index in [0.717, 1.165) is 31.4 Å². The Kier molecular flexibility index (Phi) is 5.93. The Morgan fingerprint density at radius 3 is 2.91 bits per heavy atom. The maximum Gasteiger partial charge on any atom is 0.240 e. The topological polar surface area (TPSA) is 84.5 Å². The van der Waals surface area contributed by atoms with E-state index in [0.29, 0.717) is 13.0 Å². The van der Waals surface area contributed by atoms with Crippen molar-refractivity contribution in [1.29, 1.82) is 0 Å². The van der Waals surface area contributed by atoms with Crippen LogP contribution in [0.15, 0.2) is 29.2 Å². The summed E-state index contributed by atoms with van der Waals surface area (Å²) in [6.07, 6.45) is 3.46. The molecule has 2 N–H and O–H groups in total.